The fourth-order valence-corrected chi connectivity index (χ4v) is 2.89. The molecule has 1 aromatic carbocycles. The Bertz CT molecular complexity index is 879. The van der Waals surface area contributed by atoms with Crippen molar-refractivity contribution in [2.45, 2.75) is 33.5 Å². The number of carbonyl (C=O) groups is 1. The van der Waals surface area contributed by atoms with Gasteiger partial charge in [0.25, 0.3) is 0 Å². The van der Waals surface area contributed by atoms with Crippen molar-refractivity contribution in [3.05, 3.63) is 58.3 Å². The van der Waals surface area contributed by atoms with Crippen LogP contribution in [0.2, 0.25) is 5.02 Å². The summed E-state index contributed by atoms with van der Waals surface area (Å²) in [4.78, 5) is 18.0. The molecule has 0 fully saturated rings. The second-order valence-corrected chi connectivity index (χ2v) is 7.08. The minimum Gasteiger partial charge on any atom is -0.398 e. The molecule has 0 radical (unpaired) electrons. The van der Waals surface area contributed by atoms with Crippen LogP contribution in [-0.4, -0.2) is 28.9 Å². The standard InChI is InChI=1S/C20H26ClN5O/c1-11-6-18(13(3)27)20(24-9-11)25-10-15-7-16(21)8-17(19(15)23)12(2)26(5)14(4)22/h6-9,14H,2,10,22-23H2,1,3-5H3,(H,24,25). The predicted molar refractivity (Wildman–Crippen MR) is 113 cm³/mol. The number of nitrogens with zero attached hydrogens (tertiary/aromatic N) is 2. The Balaban J connectivity index is 2.33. The van der Waals surface area contributed by atoms with Crippen molar-refractivity contribution in [2.75, 3.05) is 18.1 Å². The number of benzene rings is 1. The number of rotatable bonds is 7. The van der Waals surface area contributed by atoms with Gasteiger partial charge in [-0.05, 0) is 50.1 Å². The van der Waals surface area contributed by atoms with Crippen molar-refractivity contribution in [1.29, 1.82) is 0 Å². The second kappa shape index (κ2) is 8.41. The molecule has 0 aliphatic rings. The number of nitrogens with two attached hydrogens (primary N) is 2. The number of aryl methyl sites for hydroxylation is 1. The van der Waals surface area contributed by atoms with E-state index < -0.39 is 0 Å². The maximum Gasteiger partial charge on any atom is 0.163 e. The van der Waals surface area contributed by atoms with E-state index in [1.54, 1.807) is 18.3 Å². The number of carbonyl (C=O) groups excluding carboxylic acids is 1. The van der Waals surface area contributed by atoms with Crippen molar-refractivity contribution in [3.8, 4) is 0 Å². The summed E-state index contributed by atoms with van der Waals surface area (Å²) in [6, 6.07) is 5.37. The number of hydrogen-bond acceptors (Lipinski definition) is 6. The molecule has 1 atom stereocenters. The molecule has 1 heterocycles. The van der Waals surface area contributed by atoms with Crippen LogP contribution >= 0.6 is 11.6 Å². The number of nitrogen functional groups attached to an aromatic ring is 1. The van der Waals surface area contributed by atoms with Gasteiger partial charge in [0.15, 0.2) is 5.78 Å². The minimum absolute atomic E-state index is 0.0552. The van der Waals surface area contributed by atoms with Crippen molar-refractivity contribution in [3.63, 3.8) is 0 Å². The molecule has 144 valence electrons. The first-order chi connectivity index (χ1) is 12.6. The highest BCUT2D eigenvalue weighted by Crippen LogP contribution is 2.30. The van der Waals surface area contributed by atoms with Crippen molar-refractivity contribution < 1.29 is 4.79 Å². The Hall–Kier alpha value is -2.57. The third-order valence-corrected chi connectivity index (χ3v) is 4.65. The van der Waals surface area contributed by atoms with E-state index in [2.05, 4.69) is 16.9 Å². The number of aromatic nitrogens is 1. The number of hydrogen-bond donors (Lipinski definition) is 3. The zero-order valence-corrected chi connectivity index (χ0v) is 16.9. The number of anilines is 2. The first-order valence-corrected chi connectivity index (χ1v) is 8.96. The quantitative estimate of drug-likeness (QED) is 0.381. The summed E-state index contributed by atoms with van der Waals surface area (Å²) in [5.41, 5.74) is 16.5. The summed E-state index contributed by atoms with van der Waals surface area (Å²) in [6.45, 7) is 9.72. The molecule has 1 unspecified atom stereocenters. The zero-order chi connectivity index (χ0) is 20.3. The molecule has 7 heteroatoms. The maximum absolute atomic E-state index is 11.9. The van der Waals surface area contributed by atoms with Gasteiger partial charge in [-0.3, -0.25) is 4.79 Å². The smallest absolute Gasteiger partial charge is 0.163 e. The summed E-state index contributed by atoms with van der Waals surface area (Å²) in [5.74, 6) is 0.459. The van der Waals surface area contributed by atoms with Crippen LogP contribution < -0.4 is 16.8 Å². The van der Waals surface area contributed by atoms with E-state index in [1.165, 1.54) is 6.92 Å². The monoisotopic (exact) mass is 387 g/mol. The van der Waals surface area contributed by atoms with Gasteiger partial charge in [0, 0.05) is 41.8 Å². The molecule has 0 bridgehead atoms. The molecule has 0 aliphatic carbocycles. The van der Waals surface area contributed by atoms with Crippen LogP contribution in [0.15, 0.2) is 31.0 Å². The van der Waals surface area contributed by atoms with Crippen LogP contribution in [-0.2, 0) is 6.54 Å². The molecule has 5 N–H and O–H groups in total. The summed E-state index contributed by atoms with van der Waals surface area (Å²) >= 11 is 6.29. The van der Waals surface area contributed by atoms with E-state index >= 15 is 0 Å². The molecule has 2 aromatic rings. The Kier molecular flexibility index (Phi) is 6.46. The highest BCUT2D eigenvalue weighted by atomic mass is 35.5. The van der Waals surface area contributed by atoms with Gasteiger partial charge in [0.2, 0.25) is 0 Å². The summed E-state index contributed by atoms with van der Waals surface area (Å²) in [7, 11) is 1.85. The second-order valence-electron chi connectivity index (χ2n) is 6.64. The van der Waals surface area contributed by atoms with Crippen LogP contribution in [0.4, 0.5) is 11.5 Å². The third-order valence-electron chi connectivity index (χ3n) is 4.43. The van der Waals surface area contributed by atoms with Crippen molar-refractivity contribution in [2.24, 2.45) is 5.73 Å². The fraction of sp³-hybridized carbons (Fsp3) is 0.300. The molecule has 1 aromatic heterocycles. The van der Waals surface area contributed by atoms with Crippen LogP contribution in [0.5, 0.6) is 0 Å². The molecule has 6 nitrogen and oxygen atoms in total. The van der Waals surface area contributed by atoms with E-state index in [-0.39, 0.29) is 11.9 Å². The topological polar surface area (TPSA) is 97.3 Å². The van der Waals surface area contributed by atoms with Gasteiger partial charge in [0.05, 0.1) is 11.7 Å². The summed E-state index contributed by atoms with van der Waals surface area (Å²) < 4.78 is 0. The third kappa shape index (κ3) is 4.78. The molecule has 0 saturated heterocycles. The van der Waals surface area contributed by atoms with E-state index in [1.807, 2.05) is 31.9 Å². The molecule has 0 spiro atoms. The Labute approximate surface area is 165 Å². The molecule has 0 amide bonds. The van der Waals surface area contributed by atoms with E-state index in [4.69, 9.17) is 23.1 Å². The molecule has 2 rings (SSSR count). The Morgan fingerprint density at radius 3 is 2.63 bits per heavy atom. The van der Waals surface area contributed by atoms with Crippen LogP contribution in [0, 0.1) is 6.92 Å². The lowest BCUT2D eigenvalue weighted by Gasteiger charge is -2.27. The van der Waals surface area contributed by atoms with Gasteiger partial charge in [-0.15, -0.1) is 0 Å². The van der Waals surface area contributed by atoms with E-state index in [9.17, 15) is 4.79 Å². The van der Waals surface area contributed by atoms with Gasteiger partial charge in [0.1, 0.15) is 5.82 Å². The molecule has 0 aliphatic heterocycles. The molecular formula is C20H26ClN5O. The molecule has 0 saturated carbocycles. The number of ketones is 1. The molecular weight excluding hydrogens is 362 g/mol. The lowest BCUT2D eigenvalue weighted by molar-refractivity contribution is 0.101. The maximum atomic E-state index is 11.9. The Morgan fingerprint density at radius 2 is 2.04 bits per heavy atom. The average Bonchev–Trinajstić information content (AvgIpc) is 2.61. The van der Waals surface area contributed by atoms with E-state index in [0.717, 1.165) is 16.7 Å². The van der Waals surface area contributed by atoms with Gasteiger partial charge >= 0.3 is 0 Å². The molecule has 27 heavy (non-hydrogen) atoms. The Morgan fingerprint density at radius 1 is 1.37 bits per heavy atom. The fourth-order valence-electron chi connectivity index (χ4n) is 2.65. The van der Waals surface area contributed by atoms with Crippen LogP contribution in [0.3, 0.4) is 0 Å². The lowest BCUT2D eigenvalue weighted by atomic mass is 10.0. The number of Topliss-reactive ketones (excluding diaryl/α,β-unsaturated/α-hetero) is 1. The SMILES string of the molecule is C=C(c1cc(Cl)cc(CNc2ncc(C)cc2C(C)=O)c1N)N(C)C(C)N. The van der Waals surface area contributed by atoms with Crippen LogP contribution in [0.25, 0.3) is 5.70 Å². The predicted octanol–water partition coefficient (Wildman–Crippen LogP) is 3.65. The van der Waals surface area contributed by atoms with Gasteiger partial charge < -0.3 is 21.7 Å². The van der Waals surface area contributed by atoms with Crippen molar-refractivity contribution in [1.82, 2.24) is 9.88 Å². The highest BCUT2D eigenvalue weighted by molar-refractivity contribution is 6.31. The average molecular weight is 388 g/mol. The van der Waals surface area contributed by atoms with Gasteiger partial charge in [-0.25, -0.2) is 4.98 Å². The number of halogens is 1. The van der Waals surface area contributed by atoms with Crippen LogP contribution in [0.1, 0.15) is 40.9 Å². The zero-order valence-electron chi connectivity index (χ0n) is 16.1. The number of nitrogens with one attached hydrogen (secondary N) is 1. The normalized spacial score (nSPS) is 11.8. The largest absolute Gasteiger partial charge is 0.398 e. The van der Waals surface area contributed by atoms with Gasteiger partial charge in [-0.1, -0.05) is 18.2 Å². The highest BCUT2D eigenvalue weighted by Gasteiger charge is 2.16. The minimum atomic E-state index is -0.215. The van der Waals surface area contributed by atoms with Gasteiger partial charge in [-0.2, -0.15) is 0 Å². The lowest BCUT2D eigenvalue weighted by Crippen LogP contribution is -2.34. The summed E-state index contributed by atoms with van der Waals surface area (Å²) in [6.07, 6.45) is 1.49. The number of pyridine rings is 1. The summed E-state index contributed by atoms with van der Waals surface area (Å²) in [5, 5.41) is 3.73. The first kappa shape index (κ1) is 20.7. The van der Waals surface area contributed by atoms with Crippen molar-refractivity contribution >= 4 is 34.6 Å². The van der Waals surface area contributed by atoms with E-state index in [0.29, 0.717) is 34.3 Å². The first-order valence-electron chi connectivity index (χ1n) is 8.58.